The average molecular weight is 327 g/mol. The molecule has 0 bridgehead atoms. The van der Waals surface area contributed by atoms with Crippen LogP contribution in [0.3, 0.4) is 0 Å². The van der Waals surface area contributed by atoms with E-state index in [-0.39, 0.29) is 0 Å². The van der Waals surface area contributed by atoms with Gasteiger partial charge in [-0.2, -0.15) is 0 Å². The Kier molecular flexibility index (Phi) is 5.25. The number of nitrogens with zero attached hydrogens (tertiary/aromatic N) is 2. The lowest BCUT2D eigenvalue weighted by molar-refractivity contribution is 0.214. The Balaban J connectivity index is 1.98. The Labute approximate surface area is 124 Å². The maximum absolute atomic E-state index is 5.43. The van der Waals surface area contributed by atoms with E-state index in [2.05, 4.69) is 45.9 Å². The Hall–Kier alpha value is -0.580. The van der Waals surface area contributed by atoms with Gasteiger partial charge >= 0.3 is 0 Å². The van der Waals surface area contributed by atoms with Crippen LogP contribution in [0.4, 0.5) is 0 Å². The van der Waals surface area contributed by atoms with E-state index in [1.165, 1.54) is 24.9 Å². The smallest absolute Gasteiger partial charge is 0.123 e. The second kappa shape index (κ2) is 6.73. The van der Waals surface area contributed by atoms with E-state index in [4.69, 9.17) is 4.74 Å². The fourth-order valence-corrected chi connectivity index (χ4v) is 3.20. The van der Waals surface area contributed by atoms with Gasteiger partial charge in [0.1, 0.15) is 5.75 Å². The lowest BCUT2D eigenvalue weighted by atomic mass is 10.1. The molecule has 1 atom stereocenters. The monoisotopic (exact) mass is 326 g/mol. The molecule has 1 aliphatic heterocycles. The van der Waals surface area contributed by atoms with Crippen molar-refractivity contribution in [1.29, 1.82) is 0 Å². The van der Waals surface area contributed by atoms with Crippen LogP contribution in [0.25, 0.3) is 0 Å². The molecule has 0 spiro atoms. The van der Waals surface area contributed by atoms with Gasteiger partial charge in [0.2, 0.25) is 0 Å². The summed E-state index contributed by atoms with van der Waals surface area (Å²) in [5.74, 6) is 0.967. The summed E-state index contributed by atoms with van der Waals surface area (Å²) in [6.45, 7) is 3.28. The van der Waals surface area contributed by atoms with Crippen LogP contribution in [0, 0.1) is 0 Å². The fraction of sp³-hybridized carbons (Fsp3) is 0.600. The predicted molar refractivity (Wildman–Crippen MR) is 82.7 cm³/mol. The summed E-state index contributed by atoms with van der Waals surface area (Å²) < 4.78 is 6.54. The first-order valence-corrected chi connectivity index (χ1v) is 7.60. The zero-order chi connectivity index (χ0) is 13.8. The topological polar surface area (TPSA) is 15.7 Å². The van der Waals surface area contributed by atoms with Crippen LogP contribution < -0.4 is 4.74 Å². The summed E-state index contributed by atoms with van der Waals surface area (Å²) in [4.78, 5) is 4.85. The van der Waals surface area contributed by atoms with Crippen molar-refractivity contribution in [2.75, 3.05) is 34.3 Å². The van der Waals surface area contributed by atoms with Crippen molar-refractivity contribution in [3.05, 3.63) is 28.2 Å². The molecule has 2 rings (SSSR count). The van der Waals surface area contributed by atoms with Crippen LogP contribution in [0.5, 0.6) is 5.75 Å². The van der Waals surface area contributed by atoms with E-state index >= 15 is 0 Å². The number of benzene rings is 1. The molecule has 1 unspecified atom stereocenters. The molecule has 0 amide bonds. The molecule has 1 fully saturated rings. The van der Waals surface area contributed by atoms with Crippen LogP contribution in [0.2, 0.25) is 0 Å². The highest BCUT2D eigenvalue weighted by Crippen LogP contribution is 2.24. The molecule has 0 radical (unpaired) electrons. The molecule has 1 saturated heterocycles. The zero-order valence-corrected chi connectivity index (χ0v) is 13.6. The van der Waals surface area contributed by atoms with Crippen molar-refractivity contribution in [3.8, 4) is 5.75 Å². The van der Waals surface area contributed by atoms with Crippen molar-refractivity contribution in [2.24, 2.45) is 0 Å². The normalized spacial score (nSPS) is 20.2. The summed E-state index contributed by atoms with van der Waals surface area (Å²) in [6.07, 6.45) is 2.64. The quantitative estimate of drug-likeness (QED) is 0.827. The Morgan fingerprint density at radius 2 is 2.26 bits per heavy atom. The van der Waals surface area contributed by atoms with Crippen molar-refractivity contribution in [1.82, 2.24) is 9.80 Å². The molecule has 1 aromatic rings. The van der Waals surface area contributed by atoms with Crippen LogP contribution in [-0.4, -0.2) is 50.1 Å². The van der Waals surface area contributed by atoms with Gasteiger partial charge in [-0.1, -0.05) is 15.9 Å². The third-order valence-corrected chi connectivity index (χ3v) is 4.37. The number of methoxy groups -OCH3 is 1. The van der Waals surface area contributed by atoms with E-state index in [1.54, 1.807) is 7.11 Å². The van der Waals surface area contributed by atoms with Crippen LogP contribution >= 0.6 is 15.9 Å². The molecule has 0 aliphatic carbocycles. The van der Waals surface area contributed by atoms with Gasteiger partial charge < -0.3 is 14.5 Å². The van der Waals surface area contributed by atoms with Crippen molar-refractivity contribution in [2.45, 2.75) is 25.4 Å². The van der Waals surface area contributed by atoms with E-state index in [9.17, 15) is 0 Å². The molecule has 0 N–H and O–H groups in total. The Bertz CT molecular complexity index is 425. The number of rotatable bonds is 5. The highest BCUT2D eigenvalue weighted by molar-refractivity contribution is 9.10. The molecule has 4 heteroatoms. The SMILES string of the molecule is COc1ccc(Br)cc1CN(C)CC1CCCN1C. The first-order chi connectivity index (χ1) is 9.10. The predicted octanol–water partition coefficient (Wildman–Crippen LogP) is 2.98. The Morgan fingerprint density at radius 1 is 1.47 bits per heavy atom. The number of ether oxygens (including phenoxy) is 1. The Morgan fingerprint density at radius 3 is 2.89 bits per heavy atom. The first kappa shape index (κ1) is 14.8. The molecule has 3 nitrogen and oxygen atoms in total. The maximum atomic E-state index is 5.43. The van der Waals surface area contributed by atoms with Crippen molar-refractivity contribution >= 4 is 15.9 Å². The zero-order valence-electron chi connectivity index (χ0n) is 12.0. The second-order valence-electron chi connectivity index (χ2n) is 5.43. The van der Waals surface area contributed by atoms with Crippen molar-refractivity contribution in [3.63, 3.8) is 0 Å². The van der Waals surface area contributed by atoms with Crippen LogP contribution in [0.1, 0.15) is 18.4 Å². The van der Waals surface area contributed by atoms with E-state index in [1.807, 2.05) is 12.1 Å². The molecular weight excluding hydrogens is 304 g/mol. The molecular formula is C15H23BrN2O. The number of hydrogen-bond donors (Lipinski definition) is 0. The standard InChI is InChI=1S/C15H23BrN2O/c1-17(11-14-5-4-8-18(14)2)10-12-9-13(16)6-7-15(12)19-3/h6-7,9,14H,4-5,8,10-11H2,1-3H3. The lowest BCUT2D eigenvalue weighted by Gasteiger charge is -2.26. The number of likely N-dealkylation sites (tertiary alicyclic amines) is 1. The molecule has 1 aliphatic rings. The molecule has 0 aromatic heterocycles. The van der Waals surface area contributed by atoms with Gasteiger partial charge in [-0.15, -0.1) is 0 Å². The summed E-state index contributed by atoms with van der Waals surface area (Å²) in [6, 6.07) is 6.89. The maximum Gasteiger partial charge on any atom is 0.123 e. The summed E-state index contributed by atoms with van der Waals surface area (Å²) in [5, 5.41) is 0. The minimum absolute atomic E-state index is 0.697. The third-order valence-electron chi connectivity index (χ3n) is 3.88. The highest BCUT2D eigenvalue weighted by Gasteiger charge is 2.22. The van der Waals surface area contributed by atoms with Gasteiger partial charge in [0.25, 0.3) is 0 Å². The van der Waals surface area contributed by atoms with Gasteiger partial charge in [-0.05, 0) is 51.7 Å². The number of hydrogen-bond acceptors (Lipinski definition) is 3. The summed E-state index contributed by atoms with van der Waals surface area (Å²) in [5.41, 5.74) is 1.24. The highest BCUT2D eigenvalue weighted by atomic mass is 79.9. The minimum atomic E-state index is 0.697. The number of likely N-dealkylation sites (N-methyl/N-ethyl adjacent to an activating group) is 2. The van der Waals surface area contributed by atoms with Gasteiger partial charge in [0.05, 0.1) is 7.11 Å². The second-order valence-corrected chi connectivity index (χ2v) is 6.35. The van der Waals surface area contributed by atoms with E-state index < -0.39 is 0 Å². The molecule has 19 heavy (non-hydrogen) atoms. The lowest BCUT2D eigenvalue weighted by Crippen LogP contribution is -2.36. The van der Waals surface area contributed by atoms with Crippen LogP contribution in [-0.2, 0) is 6.54 Å². The number of halogens is 1. The van der Waals surface area contributed by atoms with Gasteiger partial charge in [0, 0.05) is 29.2 Å². The largest absolute Gasteiger partial charge is 0.496 e. The van der Waals surface area contributed by atoms with Crippen molar-refractivity contribution < 1.29 is 4.74 Å². The van der Waals surface area contributed by atoms with Gasteiger partial charge in [-0.3, -0.25) is 0 Å². The van der Waals surface area contributed by atoms with E-state index in [0.717, 1.165) is 23.3 Å². The molecule has 0 saturated carbocycles. The summed E-state index contributed by atoms with van der Waals surface area (Å²) in [7, 11) is 6.15. The van der Waals surface area contributed by atoms with Gasteiger partial charge in [0.15, 0.2) is 0 Å². The summed E-state index contributed by atoms with van der Waals surface area (Å²) >= 11 is 3.53. The van der Waals surface area contributed by atoms with Crippen LogP contribution in [0.15, 0.2) is 22.7 Å². The van der Waals surface area contributed by atoms with Gasteiger partial charge in [-0.25, -0.2) is 0 Å². The minimum Gasteiger partial charge on any atom is -0.496 e. The average Bonchev–Trinajstić information content (AvgIpc) is 2.75. The molecule has 106 valence electrons. The third kappa shape index (κ3) is 3.94. The molecule has 1 aromatic carbocycles. The van der Waals surface area contributed by atoms with E-state index in [0.29, 0.717) is 6.04 Å². The molecule has 1 heterocycles. The first-order valence-electron chi connectivity index (χ1n) is 6.81. The fourth-order valence-electron chi connectivity index (χ4n) is 2.80.